The Labute approximate surface area is 213 Å². The Kier molecular flexibility index (Phi) is 7.02. The fourth-order valence-corrected chi connectivity index (χ4v) is 5.02. The summed E-state index contributed by atoms with van der Waals surface area (Å²) in [5.74, 6) is 0.119. The number of carbonyl (C=O) groups excluding carboxylic acids is 1. The number of aromatic nitrogens is 2. The van der Waals surface area contributed by atoms with Crippen LogP contribution < -0.4 is 20.5 Å². The number of oxime groups is 1. The Morgan fingerprint density at radius 1 is 1.19 bits per heavy atom. The highest BCUT2D eigenvalue weighted by atomic mass is 32.1. The molecule has 0 saturated carbocycles. The number of nitrogen functional groups attached to an aromatic ring is 1. The van der Waals surface area contributed by atoms with E-state index in [9.17, 15) is 18.0 Å². The Hall–Kier alpha value is -3.65. The van der Waals surface area contributed by atoms with Crippen molar-refractivity contribution in [3.05, 3.63) is 40.4 Å². The van der Waals surface area contributed by atoms with Gasteiger partial charge in [0.2, 0.25) is 12.7 Å². The number of amides is 1. The first-order valence-corrected chi connectivity index (χ1v) is 12.3. The number of alkyl halides is 3. The van der Waals surface area contributed by atoms with E-state index in [1.54, 1.807) is 18.2 Å². The number of benzene rings is 1. The standard InChI is InChI=1S/C23H23F3N6O4S/c24-23(25,26)11-28-20(33)17-10-14-19(29-22(27)30-21(14)37-17)18(31-36-8-7-32-5-1-2-6-32)13-3-4-15-16(9-13)35-12-34-15/h3-4,9-10H,1-2,5-8,11-12H2,(H,28,33)(H2,27,29,30)/b31-18-. The Morgan fingerprint density at radius 3 is 2.76 bits per heavy atom. The molecule has 14 heteroatoms. The van der Waals surface area contributed by atoms with Crippen LogP contribution in [0.25, 0.3) is 10.2 Å². The van der Waals surface area contributed by atoms with Gasteiger partial charge in [-0.05, 0) is 50.2 Å². The molecule has 1 saturated heterocycles. The van der Waals surface area contributed by atoms with E-state index in [4.69, 9.17) is 20.0 Å². The fraction of sp³-hybridized carbons (Fsp3) is 0.391. The summed E-state index contributed by atoms with van der Waals surface area (Å²) in [5, 5.41) is 6.64. The van der Waals surface area contributed by atoms with Gasteiger partial charge in [-0.2, -0.15) is 13.2 Å². The Balaban J connectivity index is 1.49. The molecule has 0 atom stereocenters. The first kappa shape index (κ1) is 25.0. The lowest BCUT2D eigenvalue weighted by Gasteiger charge is -2.14. The molecule has 4 heterocycles. The van der Waals surface area contributed by atoms with Crippen molar-refractivity contribution in [3.8, 4) is 11.5 Å². The predicted octanol–water partition coefficient (Wildman–Crippen LogP) is 3.16. The summed E-state index contributed by atoms with van der Waals surface area (Å²) in [6.07, 6.45) is -2.23. The third kappa shape index (κ3) is 5.85. The van der Waals surface area contributed by atoms with Crippen molar-refractivity contribution >= 4 is 39.1 Å². The number of ether oxygens (including phenoxy) is 2. The van der Waals surface area contributed by atoms with E-state index < -0.39 is 18.6 Å². The number of carbonyl (C=O) groups is 1. The van der Waals surface area contributed by atoms with Crippen molar-refractivity contribution in [3.63, 3.8) is 0 Å². The van der Waals surface area contributed by atoms with Gasteiger partial charge in [-0.15, -0.1) is 11.3 Å². The summed E-state index contributed by atoms with van der Waals surface area (Å²) in [4.78, 5) is 29.2. The van der Waals surface area contributed by atoms with Gasteiger partial charge in [0.15, 0.2) is 11.5 Å². The Morgan fingerprint density at radius 2 is 1.97 bits per heavy atom. The zero-order valence-corrected chi connectivity index (χ0v) is 20.3. The molecule has 10 nitrogen and oxygen atoms in total. The topological polar surface area (TPSA) is 124 Å². The van der Waals surface area contributed by atoms with Gasteiger partial charge in [-0.3, -0.25) is 9.69 Å². The Bertz CT molecular complexity index is 1340. The molecule has 1 fully saturated rings. The molecule has 5 rings (SSSR count). The highest BCUT2D eigenvalue weighted by Crippen LogP contribution is 2.35. The lowest BCUT2D eigenvalue weighted by molar-refractivity contribution is -0.123. The number of nitrogens with two attached hydrogens (primary N) is 1. The van der Waals surface area contributed by atoms with Gasteiger partial charge in [0.25, 0.3) is 5.91 Å². The largest absolute Gasteiger partial charge is 0.454 e. The molecule has 0 spiro atoms. The van der Waals surface area contributed by atoms with Crippen LogP contribution in [0.2, 0.25) is 0 Å². The van der Waals surface area contributed by atoms with E-state index in [0.717, 1.165) is 37.3 Å². The summed E-state index contributed by atoms with van der Waals surface area (Å²) in [6, 6.07) is 6.62. The van der Waals surface area contributed by atoms with Crippen molar-refractivity contribution < 1.29 is 32.3 Å². The van der Waals surface area contributed by atoms with Gasteiger partial charge in [0.05, 0.1) is 4.88 Å². The van der Waals surface area contributed by atoms with Crippen LogP contribution in [-0.2, 0) is 4.84 Å². The number of hydrogen-bond acceptors (Lipinski definition) is 10. The number of anilines is 1. The number of nitrogens with one attached hydrogen (secondary N) is 1. The number of nitrogens with zero attached hydrogens (tertiary/aromatic N) is 4. The number of fused-ring (bicyclic) bond motifs is 2. The summed E-state index contributed by atoms with van der Waals surface area (Å²) in [5.41, 5.74) is 7.12. The van der Waals surface area contributed by atoms with Gasteiger partial charge in [0.1, 0.15) is 29.4 Å². The molecule has 0 radical (unpaired) electrons. The molecular weight excluding hydrogens is 513 g/mol. The minimum Gasteiger partial charge on any atom is -0.454 e. The second kappa shape index (κ2) is 10.4. The number of halogens is 3. The predicted molar refractivity (Wildman–Crippen MR) is 130 cm³/mol. The minimum atomic E-state index is -4.53. The maximum absolute atomic E-state index is 12.6. The van der Waals surface area contributed by atoms with Crippen LogP contribution in [-0.4, -0.2) is 72.2 Å². The molecule has 0 aliphatic carbocycles. The molecule has 2 aliphatic heterocycles. The highest BCUT2D eigenvalue weighted by Gasteiger charge is 2.29. The van der Waals surface area contributed by atoms with E-state index in [2.05, 4.69) is 20.0 Å². The zero-order chi connectivity index (χ0) is 26.0. The van der Waals surface area contributed by atoms with E-state index >= 15 is 0 Å². The van der Waals surface area contributed by atoms with Crippen LogP contribution in [0.4, 0.5) is 19.1 Å². The molecule has 2 aliphatic rings. The van der Waals surface area contributed by atoms with Crippen LogP contribution >= 0.6 is 11.3 Å². The second-order valence-corrected chi connectivity index (χ2v) is 9.48. The van der Waals surface area contributed by atoms with Crippen molar-refractivity contribution in [2.45, 2.75) is 19.0 Å². The molecule has 3 aromatic rings. The maximum Gasteiger partial charge on any atom is 0.405 e. The normalized spacial score (nSPS) is 15.9. The number of rotatable bonds is 8. The van der Waals surface area contributed by atoms with E-state index in [1.165, 1.54) is 6.07 Å². The first-order chi connectivity index (χ1) is 17.8. The minimum absolute atomic E-state index is 0.0281. The van der Waals surface area contributed by atoms with Crippen LogP contribution in [0.3, 0.4) is 0 Å². The summed E-state index contributed by atoms with van der Waals surface area (Å²) < 4.78 is 48.6. The summed E-state index contributed by atoms with van der Waals surface area (Å²) in [7, 11) is 0. The van der Waals surface area contributed by atoms with Crippen molar-refractivity contribution in [2.75, 3.05) is 45.3 Å². The average molecular weight is 537 g/mol. The van der Waals surface area contributed by atoms with Crippen LogP contribution in [0.1, 0.15) is 33.8 Å². The van der Waals surface area contributed by atoms with Crippen LogP contribution in [0, 0.1) is 0 Å². The summed E-state index contributed by atoms with van der Waals surface area (Å²) >= 11 is 0.904. The first-order valence-electron chi connectivity index (χ1n) is 11.5. The number of thiophene rings is 1. The zero-order valence-electron chi connectivity index (χ0n) is 19.5. The lowest BCUT2D eigenvalue weighted by Crippen LogP contribution is -2.33. The van der Waals surface area contributed by atoms with E-state index in [0.29, 0.717) is 46.1 Å². The van der Waals surface area contributed by atoms with Gasteiger partial charge >= 0.3 is 6.18 Å². The lowest BCUT2D eigenvalue weighted by atomic mass is 10.0. The molecule has 1 aromatic carbocycles. The van der Waals surface area contributed by atoms with Gasteiger partial charge in [-0.25, -0.2) is 9.97 Å². The second-order valence-electron chi connectivity index (χ2n) is 8.45. The monoisotopic (exact) mass is 536 g/mol. The third-order valence-corrected chi connectivity index (χ3v) is 6.83. The van der Waals surface area contributed by atoms with Gasteiger partial charge in [0, 0.05) is 17.5 Å². The van der Waals surface area contributed by atoms with Crippen LogP contribution in [0.5, 0.6) is 11.5 Å². The highest BCUT2D eigenvalue weighted by molar-refractivity contribution is 7.20. The maximum atomic E-state index is 12.6. The molecule has 0 unspecified atom stereocenters. The molecule has 2 aromatic heterocycles. The molecule has 0 bridgehead atoms. The summed E-state index contributed by atoms with van der Waals surface area (Å²) in [6.45, 7) is 1.71. The molecule has 196 valence electrons. The SMILES string of the molecule is Nc1nc(/C(=N\OCCN2CCCC2)c2ccc3c(c2)OCO3)c2cc(C(=O)NCC(F)(F)F)sc2n1. The average Bonchev–Trinajstić information content (AvgIpc) is 3.61. The van der Waals surface area contributed by atoms with Crippen molar-refractivity contribution in [2.24, 2.45) is 5.16 Å². The number of likely N-dealkylation sites (tertiary alicyclic amines) is 1. The molecule has 1 amide bonds. The van der Waals surface area contributed by atoms with Crippen molar-refractivity contribution in [1.29, 1.82) is 0 Å². The third-order valence-electron chi connectivity index (χ3n) is 5.81. The van der Waals surface area contributed by atoms with Crippen LogP contribution in [0.15, 0.2) is 29.4 Å². The molecular formula is C23H23F3N6O4S. The van der Waals surface area contributed by atoms with Crippen molar-refractivity contribution in [1.82, 2.24) is 20.2 Å². The van der Waals surface area contributed by atoms with Gasteiger partial charge in [-0.1, -0.05) is 5.16 Å². The number of hydrogen-bond donors (Lipinski definition) is 2. The van der Waals surface area contributed by atoms with Gasteiger partial charge < -0.3 is 25.4 Å². The quantitative estimate of drug-likeness (QED) is 0.256. The van der Waals surface area contributed by atoms with E-state index in [-0.39, 0.29) is 23.3 Å². The smallest absolute Gasteiger partial charge is 0.405 e. The fourth-order valence-electron chi connectivity index (χ4n) is 4.06. The molecule has 37 heavy (non-hydrogen) atoms. The molecule has 3 N–H and O–H groups in total. The van der Waals surface area contributed by atoms with E-state index in [1.807, 2.05) is 5.32 Å².